The molecule has 0 N–H and O–H groups in total. The monoisotopic (exact) mass is 396 g/mol. The predicted octanol–water partition coefficient (Wildman–Crippen LogP) is 5.49. The van der Waals surface area contributed by atoms with Gasteiger partial charge < -0.3 is 14.2 Å². The first kappa shape index (κ1) is 19.5. The lowest BCUT2D eigenvalue weighted by Gasteiger charge is -2.07. The summed E-state index contributed by atoms with van der Waals surface area (Å²) in [5, 5.41) is 0. The molecule has 1 fully saturated rings. The van der Waals surface area contributed by atoms with Crippen LogP contribution >= 0.6 is 0 Å². The van der Waals surface area contributed by atoms with Crippen LogP contribution in [0.25, 0.3) is 0 Å². The molecule has 2 aromatic carbocycles. The molecule has 152 valence electrons. The van der Waals surface area contributed by atoms with E-state index in [2.05, 4.69) is 32.1 Å². The normalized spacial score (nSPS) is 24.1. The number of hydrogen-bond donors (Lipinski definition) is 0. The number of ether oxygens (including phenoxy) is 3. The average molecular weight is 396 g/mol. The van der Waals surface area contributed by atoms with Crippen LogP contribution in [0.5, 0.6) is 11.5 Å². The topological polar surface area (TPSA) is 44.8 Å². The molecule has 2 aromatic rings. The highest BCUT2D eigenvalue weighted by atomic mass is 19.1. The molecule has 5 heteroatoms. The molecule has 1 saturated carbocycles. The van der Waals surface area contributed by atoms with Crippen LogP contribution in [0.15, 0.2) is 54.1 Å². The molecular formula is C24H25FO4. The van der Waals surface area contributed by atoms with E-state index in [9.17, 15) is 9.18 Å². The Morgan fingerprint density at radius 2 is 1.83 bits per heavy atom. The van der Waals surface area contributed by atoms with Crippen LogP contribution in [-0.2, 0) is 4.74 Å². The van der Waals surface area contributed by atoms with Crippen LogP contribution in [0.1, 0.15) is 49.0 Å². The molecule has 4 atom stereocenters. The summed E-state index contributed by atoms with van der Waals surface area (Å²) in [5.41, 5.74) is 2.34. The Morgan fingerprint density at radius 3 is 2.48 bits per heavy atom. The van der Waals surface area contributed by atoms with Crippen molar-refractivity contribution in [3.05, 3.63) is 71.1 Å². The van der Waals surface area contributed by atoms with Crippen LogP contribution in [0.4, 0.5) is 4.39 Å². The number of benzene rings is 2. The lowest BCUT2D eigenvalue weighted by atomic mass is 10.1. The number of rotatable bonds is 6. The molecule has 0 radical (unpaired) electrons. The van der Waals surface area contributed by atoms with Crippen molar-refractivity contribution in [3.63, 3.8) is 0 Å². The van der Waals surface area contributed by atoms with E-state index in [0.717, 1.165) is 0 Å². The maximum absolute atomic E-state index is 14.4. The fraction of sp³-hybridized carbons (Fsp3) is 0.375. The minimum absolute atomic E-state index is 0.125. The van der Waals surface area contributed by atoms with Gasteiger partial charge in [-0.2, -0.15) is 0 Å². The van der Waals surface area contributed by atoms with Crippen molar-refractivity contribution >= 4 is 5.97 Å². The Hall–Kier alpha value is -2.82. The predicted molar refractivity (Wildman–Crippen MR) is 108 cm³/mol. The summed E-state index contributed by atoms with van der Waals surface area (Å²) in [6.07, 6.45) is 2.41. The fourth-order valence-corrected chi connectivity index (χ4v) is 3.97. The van der Waals surface area contributed by atoms with Crippen molar-refractivity contribution in [2.45, 2.75) is 39.4 Å². The van der Waals surface area contributed by atoms with Crippen molar-refractivity contribution in [2.75, 3.05) is 6.61 Å². The van der Waals surface area contributed by atoms with Gasteiger partial charge >= 0.3 is 5.97 Å². The molecule has 0 saturated heterocycles. The molecule has 1 aliphatic carbocycles. The van der Waals surface area contributed by atoms with Gasteiger partial charge in [0.25, 0.3) is 0 Å². The Morgan fingerprint density at radius 1 is 1.14 bits per heavy atom. The summed E-state index contributed by atoms with van der Waals surface area (Å²) in [4.78, 5) is 12.5. The third kappa shape index (κ3) is 4.00. The second-order valence-corrected chi connectivity index (χ2v) is 7.87. The van der Waals surface area contributed by atoms with Crippen LogP contribution in [-0.4, -0.2) is 18.9 Å². The molecule has 4 nitrogen and oxygen atoms in total. The summed E-state index contributed by atoms with van der Waals surface area (Å²) >= 11 is 0. The molecule has 1 heterocycles. The minimum atomic E-state index is -0.677. The Kier molecular flexibility index (Phi) is 5.31. The lowest BCUT2D eigenvalue weighted by molar-refractivity contribution is 0.0452. The maximum Gasteiger partial charge on any atom is 0.341 e. The van der Waals surface area contributed by atoms with E-state index in [-0.39, 0.29) is 18.1 Å². The van der Waals surface area contributed by atoms with Gasteiger partial charge in [-0.3, -0.25) is 0 Å². The first-order valence-electron chi connectivity index (χ1n) is 10.0. The van der Waals surface area contributed by atoms with Crippen LogP contribution < -0.4 is 9.47 Å². The zero-order chi connectivity index (χ0) is 20.5. The van der Waals surface area contributed by atoms with Crippen LogP contribution in [0.3, 0.4) is 0 Å². The number of fused-ring (bicyclic) bond motifs is 1. The van der Waals surface area contributed by atoms with E-state index >= 15 is 0 Å². The third-order valence-corrected chi connectivity index (χ3v) is 5.45. The van der Waals surface area contributed by atoms with Crippen molar-refractivity contribution in [2.24, 2.45) is 11.8 Å². The van der Waals surface area contributed by atoms with Gasteiger partial charge in [-0.15, -0.1) is 0 Å². The minimum Gasteiger partial charge on any atom is -0.462 e. The van der Waals surface area contributed by atoms with E-state index in [4.69, 9.17) is 14.2 Å². The van der Waals surface area contributed by atoms with Gasteiger partial charge in [-0.25, -0.2) is 9.18 Å². The SMILES string of the molecule is CCC1Oc2cc(F)c(C(=O)OCC3C(C=C(C)C)C3c3ccccc3)cc2O1. The van der Waals surface area contributed by atoms with Crippen LogP contribution in [0.2, 0.25) is 0 Å². The molecule has 0 amide bonds. The van der Waals surface area contributed by atoms with Gasteiger partial charge in [-0.05, 0) is 31.2 Å². The Balaban J connectivity index is 1.45. The largest absolute Gasteiger partial charge is 0.462 e. The number of allylic oxidation sites excluding steroid dienone is 2. The number of carbonyl (C=O) groups is 1. The lowest BCUT2D eigenvalue weighted by Crippen LogP contribution is -2.15. The molecule has 4 rings (SSSR count). The first-order chi connectivity index (χ1) is 14.0. The molecular weight excluding hydrogens is 371 g/mol. The molecule has 29 heavy (non-hydrogen) atoms. The summed E-state index contributed by atoms with van der Waals surface area (Å²) in [5.74, 6) is 0.182. The maximum atomic E-state index is 14.4. The van der Waals surface area contributed by atoms with E-state index in [1.54, 1.807) is 0 Å². The second-order valence-electron chi connectivity index (χ2n) is 7.87. The van der Waals surface area contributed by atoms with E-state index < -0.39 is 18.1 Å². The smallest absolute Gasteiger partial charge is 0.341 e. The summed E-state index contributed by atoms with van der Waals surface area (Å²) in [6, 6.07) is 12.8. The van der Waals surface area contributed by atoms with Gasteiger partial charge in [0.15, 0.2) is 11.5 Å². The highest BCUT2D eigenvalue weighted by molar-refractivity contribution is 5.90. The van der Waals surface area contributed by atoms with Gasteiger partial charge in [0.05, 0.1) is 12.2 Å². The zero-order valence-corrected chi connectivity index (χ0v) is 16.9. The van der Waals surface area contributed by atoms with E-state index in [1.807, 2.05) is 25.1 Å². The fourth-order valence-electron chi connectivity index (χ4n) is 3.97. The Labute approximate surface area is 170 Å². The van der Waals surface area contributed by atoms with E-state index in [1.165, 1.54) is 23.3 Å². The summed E-state index contributed by atoms with van der Waals surface area (Å²) < 4.78 is 31.0. The third-order valence-electron chi connectivity index (χ3n) is 5.45. The number of carbonyl (C=O) groups excluding carboxylic acids is 1. The molecule has 1 aliphatic heterocycles. The molecule has 0 spiro atoms. The second kappa shape index (κ2) is 7.90. The van der Waals surface area contributed by atoms with Gasteiger partial charge in [0, 0.05) is 24.5 Å². The van der Waals surface area contributed by atoms with Gasteiger partial charge in [0.2, 0.25) is 6.29 Å². The number of hydrogen-bond acceptors (Lipinski definition) is 4. The highest BCUT2D eigenvalue weighted by Gasteiger charge is 2.50. The molecule has 2 aliphatic rings. The van der Waals surface area contributed by atoms with Crippen molar-refractivity contribution in [1.29, 1.82) is 0 Å². The highest BCUT2D eigenvalue weighted by Crippen LogP contribution is 2.55. The molecule has 0 aromatic heterocycles. The quantitative estimate of drug-likeness (QED) is 0.479. The van der Waals surface area contributed by atoms with Gasteiger partial charge in [-0.1, -0.05) is 48.9 Å². The molecule has 0 bridgehead atoms. The standard InChI is InChI=1S/C24H25FO4/c1-4-22-28-20-11-17(19(25)12-21(20)29-22)24(26)27-13-18-16(10-14(2)3)23(18)15-8-6-5-7-9-15/h5-12,16,18,22-23H,4,13H2,1-3H3. The van der Waals surface area contributed by atoms with Crippen LogP contribution in [0, 0.1) is 17.7 Å². The number of halogens is 1. The van der Waals surface area contributed by atoms with E-state index in [0.29, 0.717) is 29.8 Å². The molecule has 4 unspecified atom stereocenters. The summed E-state index contributed by atoms with van der Waals surface area (Å²) in [6.45, 7) is 6.28. The van der Waals surface area contributed by atoms with Crippen molar-refractivity contribution in [1.82, 2.24) is 0 Å². The zero-order valence-electron chi connectivity index (χ0n) is 16.9. The average Bonchev–Trinajstić information content (AvgIpc) is 3.21. The van der Waals surface area contributed by atoms with Crippen molar-refractivity contribution < 1.29 is 23.4 Å². The first-order valence-corrected chi connectivity index (χ1v) is 10.0. The Bertz CT molecular complexity index is 933. The number of esters is 1. The summed E-state index contributed by atoms with van der Waals surface area (Å²) in [7, 11) is 0. The van der Waals surface area contributed by atoms with Gasteiger partial charge in [0.1, 0.15) is 5.82 Å². The van der Waals surface area contributed by atoms with Crippen molar-refractivity contribution in [3.8, 4) is 11.5 Å².